The van der Waals surface area contributed by atoms with Crippen molar-refractivity contribution in [3.63, 3.8) is 0 Å². The number of nitrogen functional groups attached to an aromatic ring is 1. The summed E-state index contributed by atoms with van der Waals surface area (Å²) >= 11 is 0. The van der Waals surface area contributed by atoms with E-state index in [0.717, 1.165) is 17.0 Å². The van der Waals surface area contributed by atoms with Crippen LogP contribution >= 0.6 is 0 Å². The van der Waals surface area contributed by atoms with Crippen molar-refractivity contribution < 1.29 is 0 Å². The van der Waals surface area contributed by atoms with Gasteiger partial charge in [0.15, 0.2) is 0 Å². The smallest absolute Gasteiger partial charge is 0.145 e. The van der Waals surface area contributed by atoms with Crippen LogP contribution in [0.1, 0.15) is 5.56 Å². The van der Waals surface area contributed by atoms with Crippen molar-refractivity contribution in [3.05, 3.63) is 17.8 Å². The van der Waals surface area contributed by atoms with Gasteiger partial charge in [-0.15, -0.1) is 0 Å². The van der Waals surface area contributed by atoms with E-state index >= 15 is 0 Å². The fourth-order valence-corrected chi connectivity index (χ4v) is 1.33. The quantitative estimate of drug-likeness (QED) is 0.673. The van der Waals surface area contributed by atoms with E-state index in [2.05, 4.69) is 15.3 Å². The van der Waals surface area contributed by atoms with Crippen LogP contribution in [-0.2, 0) is 7.05 Å². The molecule has 3 N–H and O–H groups in total. The molecule has 0 saturated carbocycles. The van der Waals surface area contributed by atoms with Gasteiger partial charge >= 0.3 is 0 Å². The molecule has 13 heavy (non-hydrogen) atoms. The van der Waals surface area contributed by atoms with Crippen LogP contribution in [0.25, 0.3) is 11.4 Å². The molecule has 0 atom stereocenters. The second-order valence-corrected chi connectivity index (χ2v) is 3.04. The first-order valence-corrected chi connectivity index (χ1v) is 3.98. The molecule has 0 saturated heterocycles. The van der Waals surface area contributed by atoms with Gasteiger partial charge < -0.3 is 5.73 Å². The monoisotopic (exact) mass is 177 g/mol. The lowest BCUT2D eigenvalue weighted by atomic mass is 10.2. The average Bonchev–Trinajstić information content (AvgIpc) is 2.58. The summed E-state index contributed by atoms with van der Waals surface area (Å²) in [7, 11) is 1.89. The number of H-pyrrole nitrogens is 1. The van der Waals surface area contributed by atoms with Crippen molar-refractivity contribution in [1.29, 1.82) is 0 Å². The summed E-state index contributed by atoms with van der Waals surface area (Å²) in [6.07, 6.45) is 1.95. The molecule has 0 radical (unpaired) electrons. The Hall–Kier alpha value is -1.78. The number of aromatic amines is 1. The predicted octanol–water partition coefficient (Wildman–Crippen LogP) is 0.701. The SMILES string of the molecule is Cc1cn(C)nc1-c1cc(N)n[nH]1. The number of aromatic nitrogens is 4. The first-order valence-electron chi connectivity index (χ1n) is 3.98. The van der Waals surface area contributed by atoms with E-state index in [1.807, 2.05) is 20.2 Å². The van der Waals surface area contributed by atoms with Gasteiger partial charge in [-0.05, 0) is 12.5 Å². The van der Waals surface area contributed by atoms with Crippen molar-refractivity contribution >= 4 is 5.82 Å². The minimum absolute atomic E-state index is 0.486. The zero-order chi connectivity index (χ0) is 9.42. The maximum absolute atomic E-state index is 5.50. The standard InChI is InChI=1S/C8H11N5/c1-5-4-13(2)12-8(5)6-3-7(9)11-10-6/h3-4H,1-2H3,(H3,9,10,11). The molecule has 2 aromatic heterocycles. The van der Waals surface area contributed by atoms with Gasteiger partial charge in [-0.2, -0.15) is 10.2 Å². The highest BCUT2D eigenvalue weighted by Crippen LogP contribution is 2.19. The number of nitrogens with two attached hydrogens (primary N) is 1. The molecule has 0 aromatic carbocycles. The Kier molecular flexibility index (Phi) is 1.58. The third kappa shape index (κ3) is 1.28. The van der Waals surface area contributed by atoms with Gasteiger partial charge in [-0.1, -0.05) is 0 Å². The maximum atomic E-state index is 5.50. The van der Waals surface area contributed by atoms with Crippen LogP contribution in [0, 0.1) is 6.92 Å². The highest BCUT2D eigenvalue weighted by atomic mass is 15.3. The van der Waals surface area contributed by atoms with Crippen LogP contribution < -0.4 is 5.73 Å². The predicted molar refractivity (Wildman–Crippen MR) is 49.9 cm³/mol. The normalized spacial score (nSPS) is 10.6. The van der Waals surface area contributed by atoms with E-state index in [1.165, 1.54) is 0 Å². The number of hydrogen-bond acceptors (Lipinski definition) is 3. The molecule has 0 spiro atoms. The molecule has 2 heterocycles. The first kappa shape index (κ1) is 7.85. The summed E-state index contributed by atoms with van der Waals surface area (Å²) in [5, 5.41) is 11.0. The zero-order valence-corrected chi connectivity index (χ0v) is 7.57. The van der Waals surface area contributed by atoms with Crippen molar-refractivity contribution in [1.82, 2.24) is 20.0 Å². The average molecular weight is 177 g/mol. The van der Waals surface area contributed by atoms with Crippen LogP contribution in [0.2, 0.25) is 0 Å². The van der Waals surface area contributed by atoms with Gasteiger partial charge in [0.1, 0.15) is 11.5 Å². The molecule has 0 amide bonds. The van der Waals surface area contributed by atoms with Crippen LogP contribution in [0.3, 0.4) is 0 Å². The lowest BCUT2D eigenvalue weighted by Crippen LogP contribution is -1.87. The molecule has 5 nitrogen and oxygen atoms in total. The number of rotatable bonds is 1. The van der Waals surface area contributed by atoms with Gasteiger partial charge in [0, 0.05) is 19.3 Å². The third-order valence-corrected chi connectivity index (χ3v) is 1.86. The van der Waals surface area contributed by atoms with Crippen LogP contribution in [-0.4, -0.2) is 20.0 Å². The van der Waals surface area contributed by atoms with Gasteiger partial charge in [-0.25, -0.2) is 0 Å². The number of anilines is 1. The van der Waals surface area contributed by atoms with Crippen molar-refractivity contribution in [2.45, 2.75) is 6.92 Å². The molecular formula is C8H11N5. The van der Waals surface area contributed by atoms with Gasteiger partial charge in [-0.3, -0.25) is 9.78 Å². The molecule has 2 rings (SSSR count). The molecule has 0 unspecified atom stereocenters. The van der Waals surface area contributed by atoms with E-state index in [1.54, 1.807) is 10.7 Å². The highest BCUT2D eigenvalue weighted by Gasteiger charge is 2.08. The molecule has 68 valence electrons. The Morgan fingerprint density at radius 3 is 2.77 bits per heavy atom. The van der Waals surface area contributed by atoms with E-state index in [0.29, 0.717) is 5.82 Å². The van der Waals surface area contributed by atoms with Gasteiger partial charge in [0.25, 0.3) is 0 Å². The molecule has 5 heteroatoms. The Morgan fingerprint density at radius 1 is 1.54 bits per heavy atom. The number of nitrogens with one attached hydrogen (secondary N) is 1. The summed E-state index contributed by atoms with van der Waals surface area (Å²) in [5.41, 5.74) is 8.35. The van der Waals surface area contributed by atoms with Crippen LogP contribution in [0.5, 0.6) is 0 Å². The minimum Gasteiger partial charge on any atom is -0.382 e. The molecule has 0 aliphatic heterocycles. The van der Waals surface area contributed by atoms with Gasteiger partial charge in [0.05, 0.1) is 5.69 Å². The zero-order valence-electron chi connectivity index (χ0n) is 7.57. The summed E-state index contributed by atoms with van der Waals surface area (Å²) in [4.78, 5) is 0. The Bertz CT molecular complexity index is 425. The highest BCUT2D eigenvalue weighted by molar-refractivity contribution is 5.60. The molecule has 0 aliphatic rings. The van der Waals surface area contributed by atoms with E-state index in [4.69, 9.17) is 5.73 Å². The second kappa shape index (κ2) is 2.62. The van der Waals surface area contributed by atoms with Crippen LogP contribution in [0.4, 0.5) is 5.82 Å². The van der Waals surface area contributed by atoms with E-state index in [-0.39, 0.29) is 0 Å². The molecule has 0 aliphatic carbocycles. The van der Waals surface area contributed by atoms with E-state index in [9.17, 15) is 0 Å². The second-order valence-electron chi connectivity index (χ2n) is 3.04. The summed E-state index contributed by atoms with van der Waals surface area (Å²) in [6, 6.07) is 1.77. The lowest BCUT2D eigenvalue weighted by Gasteiger charge is -1.90. The van der Waals surface area contributed by atoms with E-state index < -0.39 is 0 Å². The van der Waals surface area contributed by atoms with Gasteiger partial charge in [0.2, 0.25) is 0 Å². The third-order valence-electron chi connectivity index (χ3n) is 1.86. The summed E-state index contributed by atoms with van der Waals surface area (Å²) in [6.45, 7) is 2.00. The Labute approximate surface area is 75.6 Å². The molecule has 0 bridgehead atoms. The largest absolute Gasteiger partial charge is 0.382 e. The molecular weight excluding hydrogens is 166 g/mol. The number of aryl methyl sites for hydroxylation is 2. The number of nitrogens with zero attached hydrogens (tertiary/aromatic N) is 3. The minimum atomic E-state index is 0.486. The molecule has 2 aromatic rings. The first-order chi connectivity index (χ1) is 6.16. The van der Waals surface area contributed by atoms with Crippen molar-refractivity contribution in [2.75, 3.05) is 5.73 Å². The number of hydrogen-bond donors (Lipinski definition) is 2. The Balaban J connectivity index is 2.51. The van der Waals surface area contributed by atoms with Crippen molar-refractivity contribution in [3.8, 4) is 11.4 Å². The van der Waals surface area contributed by atoms with Crippen LogP contribution in [0.15, 0.2) is 12.3 Å². The summed E-state index contributed by atoms with van der Waals surface area (Å²) < 4.78 is 1.77. The van der Waals surface area contributed by atoms with Crippen molar-refractivity contribution in [2.24, 2.45) is 7.05 Å². The topological polar surface area (TPSA) is 72.5 Å². The fourth-order valence-electron chi connectivity index (χ4n) is 1.33. The lowest BCUT2D eigenvalue weighted by molar-refractivity contribution is 0.769. The summed E-state index contributed by atoms with van der Waals surface area (Å²) in [5.74, 6) is 0.486. The Morgan fingerprint density at radius 2 is 2.31 bits per heavy atom. The molecule has 0 fully saturated rings. The fraction of sp³-hybridized carbons (Fsp3) is 0.250. The maximum Gasteiger partial charge on any atom is 0.145 e.